The second kappa shape index (κ2) is 15.9. The summed E-state index contributed by atoms with van der Waals surface area (Å²) in [7, 11) is 2.78. The van der Waals surface area contributed by atoms with Gasteiger partial charge in [0.25, 0.3) is 0 Å². The number of aliphatic imine (C=N–C) groups is 1. The highest BCUT2D eigenvalue weighted by Gasteiger charge is 2.64. The van der Waals surface area contributed by atoms with E-state index in [0.29, 0.717) is 36.3 Å². The summed E-state index contributed by atoms with van der Waals surface area (Å²) in [6.07, 6.45) is 2.71. The van der Waals surface area contributed by atoms with Crippen molar-refractivity contribution in [3.05, 3.63) is 99.1 Å². The third kappa shape index (κ3) is 7.42. The first kappa shape index (κ1) is 40.2. The van der Waals surface area contributed by atoms with Crippen LogP contribution in [0.3, 0.4) is 0 Å². The lowest BCUT2D eigenvalue weighted by atomic mass is 9.77. The zero-order valence-electron chi connectivity index (χ0n) is 30.8. The molecule has 2 aromatic carbocycles. The van der Waals surface area contributed by atoms with Crippen molar-refractivity contribution in [1.29, 1.82) is 0 Å². The molecule has 2 aromatic rings. The standard InChI is InChI=1S/C38H47N7O11/c1-42-36(41)45-16-24-20(5-3-19-4-6-26(39)44-15-19)12-22-29(31(24)48)32(49)28-23(30(22)47)13-21(54-2)14-25(28)55-35-33(50)34(51)37(52,38(53,17-46)56-35)9-7-18-8-10-43-27(40)11-18/h4,6,8,11-15,26,33-35,43-44,46,48,50-53H,3,5,7,9-10,16-17,39-40H2,1-2H3,(H3,41,42,45)/t26?,33-,34-,35-,37+,38-/m1/s1. The molecule has 0 amide bonds. The number of phenolic OH excluding ortho intramolecular Hbond substituents is 1. The number of allylic oxidation sites excluding steroid dienone is 4. The highest BCUT2D eigenvalue weighted by atomic mass is 16.8. The molecule has 1 aliphatic carbocycles. The van der Waals surface area contributed by atoms with Gasteiger partial charge in [-0.05, 0) is 66.7 Å². The number of hydrogen-bond acceptors (Lipinski definition) is 16. The SMILES string of the molecule is CN=C(N)NCc1c(CCC2=CNC(N)C=C2)cc2c(c1O)C(=O)c1c(O[C@@H]3O[C@](O)(CO)[C@](O)(CCC4=CCNC(N)=C4)[C@H](O)[C@H]3O)cc(OC)cc1C2=O. The van der Waals surface area contributed by atoms with Gasteiger partial charge in [-0.25, -0.2) is 0 Å². The van der Waals surface area contributed by atoms with Gasteiger partial charge in [-0.15, -0.1) is 0 Å². The molecule has 300 valence electrons. The maximum absolute atomic E-state index is 14.5. The first-order valence-electron chi connectivity index (χ1n) is 17.8. The lowest BCUT2D eigenvalue weighted by molar-refractivity contribution is -0.419. The average Bonchev–Trinajstić information content (AvgIpc) is 3.19. The number of benzene rings is 2. The van der Waals surface area contributed by atoms with Gasteiger partial charge in [0.15, 0.2) is 11.7 Å². The molecule has 1 fully saturated rings. The summed E-state index contributed by atoms with van der Waals surface area (Å²) in [5.74, 6) is -4.80. The molecular weight excluding hydrogens is 730 g/mol. The molecule has 15 N–H and O–H groups in total. The largest absolute Gasteiger partial charge is 0.507 e. The second-order valence-electron chi connectivity index (χ2n) is 13.9. The number of carbonyl (C=O) groups excluding carboxylic acids is 2. The molecule has 0 spiro atoms. The van der Waals surface area contributed by atoms with E-state index in [1.807, 2.05) is 6.08 Å². The Morgan fingerprint density at radius 2 is 1.84 bits per heavy atom. The number of nitrogens with two attached hydrogens (primary N) is 3. The number of aryl methyl sites for hydroxylation is 1. The van der Waals surface area contributed by atoms with E-state index in [0.717, 1.165) is 5.57 Å². The maximum atomic E-state index is 14.5. The smallest absolute Gasteiger partial charge is 0.231 e. The first-order chi connectivity index (χ1) is 26.6. The molecule has 18 heteroatoms. The number of ether oxygens (including phenoxy) is 3. The van der Waals surface area contributed by atoms with Crippen molar-refractivity contribution in [3.8, 4) is 17.2 Å². The van der Waals surface area contributed by atoms with Gasteiger partial charge in [-0.3, -0.25) is 14.6 Å². The topological polar surface area (TPSA) is 310 Å². The number of fused-ring (bicyclic) bond motifs is 2. The summed E-state index contributed by atoms with van der Waals surface area (Å²) < 4.78 is 17.0. The first-order valence-corrected chi connectivity index (χ1v) is 17.8. The summed E-state index contributed by atoms with van der Waals surface area (Å²) in [6, 6.07) is 4.07. The van der Waals surface area contributed by atoms with Gasteiger partial charge in [0, 0.05) is 49.1 Å². The van der Waals surface area contributed by atoms with Crippen molar-refractivity contribution in [3.63, 3.8) is 0 Å². The number of aliphatic hydroxyl groups is 5. The number of aliphatic hydroxyl groups excluding tert-OH is 3. The number of nitrogens with one attached hydrogen (secondary N) is 3. The van der Waals surface area contributed by atoms with E-state index >= 15 is 0 Å². The summed E-state index contributed by atoms with van der Waals surface area (Å²) in [5, 5.41) is 76.5. The van der Waals surface area contributed by atoms with Crippen molar-refractivity contribution in [2.75, 3.05) is 27.3 Å². The van der Waals surface area contributed by atoms with E-state index in [1.165, 1.54) is 32.4 Å². The number of guanidine groups is 1. The van der Waals surface area contributed by atoms with Crippen molar-refractivity contribution >= 4 is 17.5 Å². The lowest BCUT2D eigenvalue weighted by Gasteiger charge is -2.52. The molecule has 0 saturated carbocycles. The molecule has 18 nitrogen and oxygen atoms in total. The Hall–Kier alpha value is -5.47. The van der Waals surface area contributed by atoms with E-state index < -0.39 is 66.0 Å². The Balaban J connectivity index is 1.35. The van der Waals surface area contributed by atoms with Gasteiger partial charge in [0.05, 0.1) is 30.2 Å². The highest BCUT2D eigenvalue weighted by Crippen LogP contribution is 2.45. The molecule has 4 aliphatic rings. The third-order valence-electron chi connectivity index (χ3n) is 10.4. The van der Waals surface area contributed by atoms with Crippen molar-refractivity contribution in [2.24, 2.45) is 22.2 Å². The molecule has 56 heavy (non-hydrogen) atoms. The molecular formula is C38H47N7O11. The van der Waals surface area contributed by atoms with Gasteiger partial charge in [0.2, 0.25) is 17.9 Å². The number of nitrogens with zero attached hydrogens (tertiary/aromatic N) is 1. The van der Waals surface area contributed by atoms with Crippen molar-refractivity contribution in [2.45, 2.75) is 68.3 Å². The predicted octanol–water partition coefficient (Wildman–Crippen LogP) is -1.55. The van der Waals surface area contributed by atoms with E-state index in [-0.39, 0.29) is 58.7 Å². The number of dihydropyridines is 2. The Kier molecular flexibility index (Phi) is 11.4. The Bertz CT molecular complexity index is 2060. The summed E-state index contributed by atoms with van der Waals surface area (Å²) in [6.45, 7) is -0.904. The fourth-order valence-corrected chi connectivity index (χ4v) is 7.19. The monoisotopic (exact) mass is 777 g/mol. The van der Waals surface area contributed by atoms with Crippen LogP contribution in [0.15, 0.2) is 70.7 Å². The molecule has 1 unspecified atom stereocenters. The van der Waals surface area contributed by atoms with Crippen LogP contribution >= 0.6 is 0 Å². The minimum atomic E-state index is -2.89. The lowest BCUT2D eigenvalue weighted by Crippen LogP contribution is -2.74. The zero-order valence-corrected chi connectivity index (χ0v) is 30.8. The number of hydrogen-bond donors (Lipinski definition) is 12. The van der Waals surface area contributed by atoms with E-state index in [9.17, 15) is 40.2 Å². The fraction of sp³-hybridized carbons (Fsp3) is 0.395. The highest BCUT2D eigenvalue weighted by molar-refractivity contribution is 6.30. The average molecular weight is 778 g/mol. The van der Waals surface area contributed by atoms with Crippen LogP contribution in [0, 0.1) is 0 Å². The molecule has 3 aliphatic heterocycles. The van der Waals surface area contributed by atoms with Crippen LogP contribution in [0.1, 0.15) is 62.2 Å². The predicted molar refractivity (Wildman–Crippen MR) is 201 cm³/mol. The van der Waals surface area contributed by atoms with Crippen LogP contribution in [0.25, 0.3) is 0 Å². The second-order valence-corrected chi connectivity index (χ2v) is 13.9. The van der Waals surface area contributed by atoms with E-state index in [1.54, 1.807) is 24.4 Å². The molecule has 0 aromatic heterocycles. The summed E-state index contributed by atoms with van der Waals surface area (Å²) in [4.78, 5) is 32.7. The minimum absolute atomic E-state index is 0.0482. The van der Waals surface area contributed by atoms with Crippen LogP contribution in [-0.2, 0) is 17.7 Å². The maximum Gasteiger partial charge on any atom is 0.231 e. The summed E-state index contributed by atoms with van der Waals surface area (Å²) in [5.41, 5.74) is 16.4. The number of rotatable bonds is 12. The van der Waals surface area contributed by atoms with Gasteiger partial charge in [-0.2, -0.15) is 0 Å². The van der Waals surface area contributed by atoms with Crippen LogP contribution in [0.4, 0.5) is 0 Å². The number of ketones is 2. The van der Waals surface area contributed by atoms with Crippen LogP contribution in [0.2, 0.25) is 0 Å². The fourth-order valence-electron chi connectivity index (χ4n) is 7.19. The molecule has 1 saturated heterocycles. The number of carbonyl (C=O) groups is 2. The minimum Gasteiger partial charge on any atom is -0.507 e. The molecule has 6 rings (SSSR count). The van der Waals surface area contributed by atoms with Crippen LogP contribution in [0.5, 0.6) is 17.2 Å². The third-order valence-corrected chi connectivity index (χ3v) is 10.4. The number of aromatic hydroxyl groups is 1. The molecule has 6 atom stereocenters. The van der Waals surface area contributed by atoms with Crippen LogP contribution in [-0.4, -0.2) is 112 Å². The van der Waals surface area contributed by atoms with E-state index in [2.05, 4.69) is 20.9 Å². The molecule has 0 radical (unpaired) electrons. The van der Waals surface area contributed by atoms with Crippen molar-refractivity contribution < 1.29 is 54.4 Å². The van der Waals surface area contributed by atoms with E-state index in [4.69, 9.17) is 31.4 Å². The quantitative estimate of drug-likeness (QED) is 0.0732. The van der Waals surface area contributed by atoms with Crippen molar-refractivity contribution in [1.82, 2.24) is 16.0 Å². The zero-order chi connectivity index (χ0) is 40.5. The van der Waals surface area contributed by atoms with Gasteiger partial charge < -0.3 is 78.0 Å². The van der Waals surface area contributed by atoms with Gasteiger partial charge in [0.1, 0.15) is 41.7 Å². The molecule has 0 bridgehead atoms. The Morgan fingerprint density at radius 1 is 1.09 bits per heavy atom. The molecule has 3 heterocycles. The number of phenols is 1. The van der Waals surface area contributed by atoms with Crippen LogP contribution < -0.4 is 42.6 Å². The Morgan fingerprint density at radius 3 is 2.50 bits per heavy atom. The normalized spacial score (nSPS) is 27.2. The van der Waals surface area contributed by atoms with Gasteiger partial charge in [-0.1, -0.05) is 12.2 Å². The summed E-state index contributed by atoms with van der Waals surface area (Å²) >= 11 is 0. The Labute approximate surface area is 321 Å². The van der Waals surface area contributed by atoms with Gasteiger partial charge >= 0.3 is 0 Å². The number of methoxy groups -OCH3 is 1.